The monoisotopic (exact) mass is 373 g/mol. The van der Waals surface area contributed by atoms with Gasteiger partial charge in [-0.05, 0) is 73.7 Å². The van der Waals surface area contributed by atoms with Crippen molar-refractivity contribution in [1.29, 1.82) is 0 Å². The van der Waals surface area contributed by atoms with Crippen LogP contribution in [0.25, 0.3) is 0 Å². The number of carbonyl (C=O) groups is 1. The summed E-state index contributed by atoms with van der Waals surface area (Å²) in [6, 6.07) is 12.4. The smallest absolute Gasteiger partial charge is 0.246 e. The number of rotatable bonds is 6. The van der Waals surface area contributed by atoms with Crippen molar-refractivity contribution < 1.29 is 13.2 Å². The van der Waals surface area contributed by atoms with Crippen molar-refractivity contribution in [3.8, 4) is 0 Å². The number of aryl methyl sites for hydroxylation is 2. The zero-order chi connectivity index (χ0) is 18.7. The molecule has 3 N–H and O–H groups in total. The lowest BCUT2D eigenvalue weighted by Gasteiger charge is -2.16. The molecule has 2 aromatic carbocycles. The van der Waals surface area contributed by atoms with Gasteiger partial charge in [-0.1, -0.05) is 6.07 Å². The molecule has 3 rings (SSSR count). The van der Waals surface area contributed by atoms with Crippen LogP contribution in [-0.4, -0.2) is 26.6 Å². The number of carbonyl (C=O) groups excluding carboxylic acids is 1. The topological polar surface area (TPSA) is 87.3 Å². The van der Waals surface area contributed by atoms with Crippen LogP contribution in [0.5, 0.6) is 0 Å². The van der Waals surface area contributed by atoms with Gasteiger partial charge in [-0.2, -0.15) is 0 Å². The van der Waals surface area contributed by atoms with Gasteiger partial charge in [-0.3, -0.25) is 9.52 Å². The zero-order valence-electron chi connectivity index (χ0n) is 14.9. The third kappa shape index (κ3) is 4.76. The van der Waals surface area contributed by atoms with Gasteiger partial charge < -0.3 is 10.6 Å². The first kappa shape index (κ1) is 18.3. The molecule has 0 bridgehead atoms. The molecule has 1 unspecified atom stereocenters. The molecule has 0 fully saturated rings. The fourth-order valence-corrected chi connectivity index (χ4v) is 3.63. The van der Waals surface area contributed by atoms with Gasteiger partial charge in [-0.25, -0.2) is 8.42 Å². The lowest BCUT2D eigenvalue weighted by Crippen LogP contribution is -2.31. The molecule has 0 aliphatic heterocycles. The average Bonchev–Trinajstić information content (AvgIpc) is 3.03. The standard InChI is InChI=1S/C19H23N3O3S/c1-13(20-16-8-10-17(11-9-16)22-26(2,24)25)19(23)21-18-7-6-14-4-3-5-15(14)12-18/h6-13,20,22H,3-5H2,1-2H3,(H,21,23). The molecule has 0 aromatic heterocycles. The van der Waals surface area contributed by atoms with Gasteiger partial charge in [0.2, 0.25) is 15.9 Å². The van der Waals surface area contributed by atoms with E-state index < -0.39 is 16.1 Å². The SMILES string of the molecule is CC(Nc1ccc(NS(C)(=O)=O)cc1)C(=O)Nc1ccc2c(c1)CCC2. The molecule has 0 heterocycles. The Morgan fingerprint density at radius 1 is 0.962 bits per heavy atom. The van der Waals surface area contributed by atoms with Gasteiger partial charge in [0, 0.05) is 17.1 Å². The molecule has 7 heteroatoms. The maximum atomic E-state index is 12.4. The van der Waals surface area contributed by atoms with E-state index in [1.165, 1.54) is 17.5 Å². The number of amides is 1. The third-order valence-corrected chi connectivity index (χ3v) is 4.94. The summed E-state index contributed by atoms with van der Waals surface area (Å²) in [7, 11) is -3.30. The highest BCUT2D eigenvalue weighted by Gasteiger charge is 2.15. The third-order valence-electron chi connectivity index (χ3n) is 4.33. The Bertz CT molecular complexity index is 908. The van der Waals surface area contributed by atoms with Crippen LogP contribution in [0, 0.1) is 0 Å². The predicted octanol–water partition coefficient (Wildman–Crippen LogP) is 2.99. The quantitative estimate of drug-likeness (QED) is 0.726. The first-order valence-corrected chi connectivity index (χ1v) is 10.5. The summed E-state index contributed by atoms with van der Waals surface area (Å²) in [5.74, 6) is -0.124. The molecular formula is C19H23N3O3S. The molecule has 2 aromatic rings. The number of hydrogen-bond donors (Lipinski definition) is 3. The summed E-state index contributed by atoms with van der Waals surface area (Å²) < 4.78 is 24.8. The first-order chi connectivity index (χ1) is 12.3. The van der Waals surface area contributed by atoms with Crippen molar-refractivity contribution in [2.45, 2.75) is 32.2 Å². The molecule has 0 saturated heterocycles. The Kier molecular flexibility index (Phi) is 5.18. The van der Waals surface area contributed by atoms with E-state index >= 15 is 0 Å². The van der Waals surface area contributed by atoms with E-state index in [1.807, 2.05) is 6.07 Å². The van der Waals surface area contributed by atoms with Crippen molar-refractivity contribution >= 4 is 33.0 Å². The molecule has 1 amide bonds. The van der Waals surface area contributed by atoms with E-state index in [9.17, 15) is 13.2 Å². The fourth-order valence-electron chi connectivity index (χ4n) is 3.06. The first-order valence-electron chi connectivity index (χ1n) is 8.57. The molecule has 0 spiro atoms. The van der Waals surface area contributed by atoms with Crippen LogP contribution in [-0.2, 0) is 27.7 Å². The summed E-state index contributed by atoms with van der Waals surface area (Å²) in [5.41, 5.74) is 4.72. The van der Waals surface area contributed by atoms with Crippen molar-refractivity contribution in [3.05, 3.63) is 53.6 Å². The van der Waals surface area contributed by atoms with Gasteiger partial charge in [-0.15, -0.1) is 0 Å². The summed E-state index contributed by atoms with van der Waals surface area (Å²) in [6.45, 7) is 1.78. The normalized spacial score (nSPS) is 14.4. The Morgan fingerprint density at radius 3 is 2.27 bits per heavy atom. The molecule has 0 radical (unpaired) electrons. The summed E-state index contributed by atoms with van der Waals surface area (Å²) in [5, 5.41) is 6.06. The van der Waals surface area contributed by atoms with Crippen molar-refractivity contribution in [3.63, 3.8) is 0 Å². The Labute approximate surface area is 154 Å². The van der Waals surface area contributed by atoms with E-state index in [1.54, 1.807) is 31.2 Å². The molecule has 138 valence electrons. The highest BCUT2D eigenvalue weighted by Crippen LogP contribution is 2.25. The zero-order valence-corrected chi connectivity index (χ0v) is 15.7. The molecule has 26 heavy (non-hydrogen) atoms. The second-order valence-electron chi connectivity index (χ2n) is 6.64. The van der Waals surface area contributed by atoms with Crippen LogP contribution in [0.1, 0.15) is 24.5 Å². The molecule has 0 saturated carbocycles. The van der Waals surface area contributed by atoms with E-state index in [-0.39, 0.29) is 5.91 Å². The largest absolute Gasteiger partial charge is 0.374 e. The van der Waals surface area contributed by atoms with Gasteiger partial charge in [0.1, 0.15) is 6.04 Å². The van der Waals surface area contributed by atoms with Gasteiger partial charge in [0.15, 0.2) is 0 Å². The Balaban J connectivity index is 1.58. The van der Waals surface area contributed by atoms with Gasteiger partial charge >= 0.3 is 0 Å². The maximum Gasteiger partial charge on any atom is 0.246 e. The number of sulfonamides is 1. The van der Waals surface area contributed by atoms with E-state index in [4.69, 9.17) is 0 Å². The lowest BCUT2D eigenvalue weighted by atomic mass is 10.1. The molecule has 1 aliphatic rings. The molecule has 1 atom stereocenters. The van der Waals surface area contributed by atoms with Crippen LogP contribution >= 0.6 is 0 Å². The Hall–Kier alpha value is -2.54. The highest BCUT2D eigenvalue weighted by molar-refractivity contribution is 7.92. The maximum absolute atomic E-state index is 12.4. The van der Waals surface area contributed by atoms with Gasteiger partial charge in [0.05, 0.1) is 6.26 Å². The minimum Gasteiger partial charge on any atom is -0.374 e. The second kappa shape index (κ2) is 7.37. The number of nitrogens with one attached hydrogen (secondary N) is 3. The number of benzene rings is 2. The van der Waals surface area contributed by atoms with Crippen molar-refractivity contribution in [2.75, 3.05) is 21.6 Å². The minimum absolute atomic E-state index is 0.124. The van der Waals surface area contributed by atoms with Crippen LogP contribution in [0.4, 0.5) is 17.1 Å². The summed E-state index contributed by atoms with van der Waals surface area (Å²) in [4.78, 5) is 12.4. The van der Waals surface area contributed by atoms with Crippen LogP contribution in [0.15, 0.2) is 42.5 Å². The number of hydrogen-bond acceptors (Lipinski definition) is 4. The lowest BCUT2D eigenvalue weighted by molar-refractivity contribution is -0.116. The van der Waals surface area contributed by atoms with E-state index in [0.29, 0.717) is 5.69 Å². The molecule has 1 aliphatic carbocycles. The summed E-state index contributed by atoms with van der Waals surface area (Å²) >= 11 is 0. The Morgan fingerprint density at radius 2 is 1.58 bits per heavy atom. The number of fused-ring (bicyclic) bond motifs is 1. The average molecular weight is 373 g/mol. The van der Waals surface area contributed by atoms with Crippen LogP contribution in [0.3, 0.4) is 0 Å². The van der Waals surface area contributed by atoms with Gasteiger partial charge in [0.25, 0.3) is 0 Å². The molecular weight excluding hydrogens is 350 g/mol. The van der Waals surface area contributed by atoms with E-state index in [2.05, 4.69) is 27.5 Å². The fraction of sp³-hybridized carbons (Fsp3) is 0.316. The van der Waals surface area contributed by atoms with Crippen LogP contribution in [0.2, 0.25) is 0 Å². The van der Waals surface area contributed by atoms with Crippen molar-refractivity contribution in [2.24, 2.45) is 0 Å². The minimum atomic E-state index is -3.30. The summed E-state index contributed by atoms with van der Waals surface area (Å²) in [6.07, 6.45) is 4.46. The number of anilines is 3. The molecule has 6 nitrogen and oxygen atoms in total. The van der Waals surface area contributed by atoms with Crippen LogP contribution < -0.4 is 15.4 Å². The second-order valence-corrected chi connectivity index (χ2v) is 8.39. The highest BCUT2D eigenvalue weighted by atomic mass is 32.2. The van der Waals surface area contributed by atoms with Crippen molar-refractivity contribution in [1.82, 2.24) is 0 Å². The predicted molar refractivity (Wildman–Crippen MR) is 105 cm³/mol. The van der Waals surface area contributed by atoms with E-state index in [0.717, 1.165) is 30.5 Å².